The standard InChI is InChI=1S/C16H32N4O2.HI/c1-6-22-14(21)13-8-7-11-20(12-13)15(17-5)18-9-10-19-16(2,3)4;/h13,19H,6-12H2,1-5H3,(H,17,18);1H. The van der Waals surface area contributed by atoms with E-state index < -0.39 is 0 Å². The summed E-state index contributed by atoms with van der Waals surface area (Å²) >= 11 is 0. The number of hydrogen-bond donors (Lipinski definition) is 2. The Bertz CT molecular complexity index is 383. The number of nitrogens with zero attached hydrogens (tertiary/aromatic N) is 2. The van der Waals surface area contributed by atoms with Crippen LogP contribution in [0.25, 0.3) is 0 Å². The second kappa shape index (κ2) is 11.1. The summed E-state index contributed by atoms with van der Waals surface area (Å²) in [5.41, 5.74) is 0.116. The Kier molecular flexibility index (Phi) is 10.8. The zero-order valence-electron chi connectivity index (χ0n) is 15.1. The predicted molar refractivity (Wildman–Crippen MR) is 105 cm³/mol. The fraction of sp³-hybridized carbons (Fsp3) is 0.875. The first-order valence-corrected chi connectivity index (χ1v) is 8.24. The van der Waals surface area contributed by atoms with Crippen LogP contribution in [-0.4, -0.2) is 62.2 Å². The fourth-order valence-corrected chi connectivity index (χ4v) is 2.57. The molecule has 1 heterocycles. The molecule has 0 bridgehead atoms. The van der Waals surface area contributed by atoms with E-state index in [9.17, 15) is 4.79 Å². The topological polar surface area (TPSA) is 66.0 Å². The Morgan fingerprint density at radius 2 is 2.04 bits per heavy atom. The second-order valence-corrected chi connectivity index (χ2v) is 6.69. The monoisotopic (exact) mass is 440 g/mol. The minimum atomic E-state index is -0.0861. The van der Waals surface area contributed by atoms with Crippen molar-refractivity contribution in [3.05, 3.63) is 0 Å². The highest BCUT2D eigenvalue weighted by Gasteiger charge is 2.28. The molecule has 136 valence electrons. The summed E-state index contributed by atoms with van der Waals surface area (Å²) in [4.78, 5) is 18.4. The molecule has 1 aliphatic heterocycles. The molecule has 0 saturated carbocycles. The third-order valence-corrected chi connectivity index (χ3v) is 3.62. The molecule has 2 N–H and O–H groups in total. The lowest BCUT2D eigenvalue weighted by Gasteiger charge is -2.34. The molecule has 0 spiro atoms. The van der Waals surface area contributed by atoms with Crippen LogP contribution >= 0.6 is 24.0 Å². The first-order chi connectivity index (χ1) is 10.4. The summed E-state index contributed by atoms with van der Waals surface area (Å²) in [5, 5.41) is 6.80. The molecule has 0 amide bonds. The lowest BCUT2D eigenvalue weighted by Crippen LogP contribution is -2.50. The number of carbonyl (C=O) groups is 1. The molecule has 1 rings (SSSR count). The average Bonchev–Trinajstić information content (AvgIpc) is 2.46. The number of nitrogens with one attached hydrogen (secondary N) is 2. The molecular formula is C16H33IN4O2. The van der Waals surface area contributed by atoms with Crippen LogP contribution in [0.15, 0.2) is 4.99 Å². The van der Waals surface area contributed by atoms with Gasteiger partial charge in [0.15, 0.2) is 5.96 Å². The normalized spacial score (nSPS) is 19.1. The average molecular weight is 440 g/mol. The Balaban J connectivity index is 0.00000484. The largest absolute Gasteiger partial charge is 0.466 e. The first-order valence-electron chi connectivity index (χ1n) is 8.24. The molecule has 0 aromatic rings. The quantitative estimate of drug-likeness (QED) is 0.225. The number of esters is 1. The van der Waals surface area contributed by atoms with Gasteiger partial charge in [-0.2, -0.15) is 0 Å². The SMILES string of the molecule is CCOC(=O)C1CCCN(C(=NC)NCCNC(C)(C)C)C1.I. The molecule has 0 aromatic carbocycles. The van der Waals surface area contributed by atoms with Crippen molar-refractivity contribution < 1.29 is 9.53 Å². The zero-order chi connectivity index (χ0) is 16.6. The van der Waals surface area contributed by atoms with Gasteiger partial charge in [0, 0.05) is 38.8 Å². The van der Waals surface area contributed by atoms with E-state index >= 15 is 0 Å². The van der Waals surface area contributed by atoms with Crippen molar-refractivity contribution in [2.24, 2.45) is 10.9 Å². The van der Waals surface area contributed by atoms with E-state index in [1.165, 1.54) is 0 Å². The lowest BCUT2D eigenvalue weighted by atomic mass is 9.98. The summed E-state index contributed by atoms with van der Waals surface area (Å²) in [6, 6.07) is 0. The van der Waals surface area contributed by atoms with Gasteiger partial charge in [-0.1, -0.05) is 0 Å². The fourth-order valence-electron chi connectivity index (χ4n) is 2.57. The highest BCUT2D eigenvalue weighted by Crippen LogP contribution is 2.17. The van der Waals surface area contributed by atoms with E-state index in [0.29, 0.717) is 13.2 Å². The van der Waals surface area contributed by atoms with E-state index in [4.69, 9.17) is 4.74 Å². The van der Waals surface area contributed by atoms with Crippen molar-refractivity contribution in [3.63, 3.8) is 0 Å². The Morgan fingerprint density at radius 1 is 1.35 bits per heavy atom. The van der Waals surface area contributed by atoms with Crippen molar-refractivity contribution in [1.82, 2.24) is 15.5 Å². The van der Waals surface area contributed by atoms with Crippen LogP contribution < -0.4 is 10.6 Å². The Labute approximate surface area is 157 Å². The maximum atomic E-state index is 11.9. The molecule has 1 atom stereocenters. The van der Waals surface area contributed by atoms with E-state index in [0.717, 1.165) is 38.4 Å². The summed E-state index contributed by atoms with van der Waals surface area (Å²) in [6.45, 7) is 12.0. The van der Waals surface area contributed by atoms with Crippen molar-refractivity contribution >= 4 is 35.9 Å². The van der Waals surface area contributed by atoms with Crippen LogP contribution in [0.4, 0.5) is 0 Å². The van der Waals surface area contributed by atoms with Crippen molar-refractivity contribution in [1.29, 1.82) is 0 Å². The highest BCUT2D eigenvalue weighted by atomic mass is 127. The van der Waals surface area contributed by atoms with Crippen molar-refractivity contribution in [2.45, 2.75) is 46.1 Å². The van der Waals surface area contributed by atoms with E-state index in [1.54, 1.807) is 7.05 Å². The highest BCUT2D eigenvalue weighted by molar-refractivity contribution is 14.0. The zero-order valence-corrected chi connectivity index (χ0v) is 17.5. The van der Waals surface area contributed by atoms with Gasteiger partial charge in [-0.15, -0.1) is 24.0 Å². The molecular weight excluding hydrogens is 407 g/mol. The number of piperidine rings is 1. The van der Waals surface area contributed by atoms with Crippen LogP contribution in [0, 0.1) is 5.92 Å². The number of halogens is 1. The van der Waals surface area contributed by atoms with Gasteiger partial charge in [-0.05, 0) is 40.5 Å². The number of likely N-dealkylation sites (tertiary alicyclic amines) is 1. The van der Waals surface area contributed by atoms with Crippen LogP contribution in [0.2, 0.25) is 0 Å². The summed E-state index contributed by atoms with van der Waals surface area (Å²) in [7, 11) is 1.79. The summed E-state index contributed by atoms with van der Waals surface area (Å²) < 4.78 is 5.14. The van der Waals surface area contributed by atoms with Crippen LogP contribution in [-0.2, 0) is 9.53 Å². The molecule has 0 radical (unpaired) electrons. The molecule has 23 heavy (non-hydrogen) atoms. The van der Waals surface area contributed by atoms with E-state index in [2.05, 4.69) is 41.3 Å². The van der Waals surface area contributed by atoms with Gasteiger partial charge >= 0.3 is 5.97 Å². The Morgan fingerprint density at radius 3 is 2.61 bits per heavy atom. The first kappa shape index (κ1) is 22.4. The maximum Gasteiger partial charge on any atom is 0.310 e. The maximum absolute atomic E-state index is 11.9. The molecule has 7 heteroatoms. The smallest absolute Gasteiger partial charge is 0.310 e. The third-order valence-electron chi connectivity index (χ3n) is 3.62. The Hall–Kier alpha value is -0.570. The van der Waals surface area contributed by atoms with Gasteiger partial charge in [0.25, 0.3) is 0 Å². The molecule has 1 saturated heterocycles. The van der Waals surface area contributed by atoms with Crippen LogP contribution in [0.5, 0.6) is 0 Å². The molecule has 0 aliphatic carbocycles. The minimum absolute atomic E-state index is 0. The van der Waals surface area contributed by atoms with Gasteiger partial charge < -0.3 is 20.3 Å². The van der Waals surface area contributed by atoms with E-state index in [1.807, 2.05) is 6.92 Å². The number of hydrogen-bond acceptors (Lipinski definition) is 4. The number of aliphatic imine (C=N–C) groups is 1. The van der Waals surface area contributed by atoms with Crippen LogP contribution in [0.1, 0.15) is 40.5 Å². The lowest BCUT2D eigenvalue weighted by molar-refractivity contribution is -0.149. The van der Waals surface area contributed by atoms with Crippen LogP contribution in [0.3, 0.4) is 0 Å². The number of ether oxygens (including phenoxy) is 1. The number of guanidine groups is 1. The second-order valence-electron chi connectivity index (χ2n) is 6.69. The molecule has 0 aromatic heterocycles. The number of rotatable bonds is 5. The van der Waals surface area contributed by atoms with Crippen molar-refractivity contribution in [3.8, 4) is 0 Å². The van der Waals surface area contributed by atoms with Crippen molar-refractivity contribution in [2.75, 3.05) is 39.8 Å². The number of carbonyl (C=O) groups excluding carboxylic acids is 1. The third kappa shape index (κ3) is 8.74. The van der Waals surface area contributed by atoms with Gasteiger partial charge in [-0.3, -0.25) is 9.79 Å². The predicted octanol–water partition coefficient (Wildman–Crippen LogP) is 1.84. The van der Waals surface area contributed by atoms with Gasteiger partial charge in [0.05, 0.1) is 12.5 Å². The van der Waals surface area contributed by atoms with Gasteiger partial charge in [0.2, 0.25) is 0 Å². The molecule has 1 fully saturated rings. The minimum Gasteiger partial charge on any atom is -0.466 e. The molecule has 6 nitrogen and oxygen atoms in total. The molecule has 1 unspecified atom stereocenters. The summed E-state index contributed by atoms with van der Waals surface area (Å²) in [5.74, 6) is 0.738. The van der Waals surface area contributed by atoms with E-state index in [-0.39, 0.29) is 41.4 Å². The van der Waals surface area contributed by atoms with Gasteiger partial charge in [0.1, 0.15) is 0 Å². The van der Waals surface area contributed by atoms with Gasteiger partial charge in [-0.25, -0.2) is 0 Å². The molecule has 1 aliphatic rings. The summed E-state index contributed by atoms with van der Waals surface area (Å²) in [6.07, 6.45) is 1.89.